The van der Waals surface area contributed by atoms with Gasteiger partial charge in [-0.15, -0.1) is 5.10 Å². The minimum atomic E-state index is -3.68. The smallest absolute Gasteiger partial charge is 0.242 e. The van der Waals surface area contributed by atoms with Crippen LogP contribution in [-0.4, -0.2) is 66.8 Å². The molecule has 1 saturated heterocycles. The number of benzene rings is 1. The van der Waals surface area contributed by atoms with E-state index in [0.29, 0.717) is 36.6 Å². The number of morpholine rings is 1. The van der Waals surface area contributed by atoms with Crippen LogP contribution in [0.3, 0.4) is 0 Å². The summed E-state index contributed by atoms with van der Waals surface area (Å²) in [5.41, 5.74) is 1.92. The maximum atomic E-state index is 12.6. The van der Waals surface area contributed by atoms with Crippen LogP contribution in [0.1, 0.15) is 0 Å². The number of hydrogen-bond donors (Lipinski definition) is 2. The first-order chi connectivity index (χ1) is 13.6. The molecule has 1 aliphatic rings. The highest BCUT2D eigenvalue weighted by molar-refractivity contribution is 7.89. The second-order valence-electron chi connectivity index (χ2n) is 6.11. The van der Waals surface area contributed by atoms with Gasteiger partial charge >= 0.3 is 0 Å². The highest BCUT2D eigenvalue weighted by atomic mass is 32.2. The van der Waals surface area contributed by atoms with Crippen molar-refractivity contribution in [3.8, 4) is 0 Å². The van der Waals surface area contributed by atoms with Crippen LogP contribution in [0.5, 0.6) is 0 Å². The number of sulfonamides is 1. The molecule has 0 amide bonds. The first kappa shape index (κ1) is 18.9. The quantitative estimate of drug-likeness (QED) is 0.531. The van der Waals surface area contributed by atoms with Gasteiger partial charge in [0.25, 0.3) is 0 Å². The van der Waals surface area contributed by atoms with Crippen LogP contribution in [0, 0.1) is 0 Å². The van der Waals surface area contributed by atoms with E-state index in [2.05, 4.69) is 33.9 Å². The molecular formula is C16H19N7O3S2. The van der Waals surface area contributed by atoms with E-state index in [1.54, 1.807) is 18.3 Å². The van der Waals surface area contributed by atoms with Crippen molar-refractivity contribution in [2.45, 2.75) is 4.90 Å². The average molecular weight is 422 g/mol. The molecule has 0 spiro atoms. The second kappa shape index (κ2) is 8.31. The molecule has 0 unspecified atom stereocenters. The number of aromatic nitrogens is 4. The lowest BCUT2D eigenvalue weighted by Crippen LogP contribution is -2.36. The highest BCUT2D eigenvalue weighted by Crippen LogP contribution is 2.21. The Bertz CT molecular complexity index is 1050. The molecule has 0 saturated carbocycles. The average Bonchev–Trinajstić information content (AvgIpc) is 3.21. The molecule has 28 heavy (non-hydrogen) atoms. The van der Waals surface area contributed by atoms with Gasteiger partial charge in [0.15, 0.2) is 5.82 Å². The van der Waals surface area contributed by atoms with E-state index in [-0.39, 0.29) is 11.4 Å². The Morgan fingerprint density at radius 3 is 2.89 bits per heavy atom. The Morgan fingerprint density at radius 1 is 1.18 bits per heavy atom. The number of rotatable bonds is 7. The zero-order chi connectivity index (χ0) is 19.4. The molecule has 2 aromatic heterocycles. The summed E-state index contributed by atoms with van der Waals surface area (Å²) < 4.78 is 41.2. The Morgan fingerprint density at radius 2 is 2.04 bits per heavy atom. The summed E-state index contributed by atoms with van der Waals surface area (Å²) in [7, 11) is -3.68. The fourth-order valence-corrected chi connectivity index (χ4v) is 4.69. The third-order valence-corrected chi connectivity index (χ3v) is 6.31. The molecule has 3 heterocycles. The fourth-order valence-electron chi connectivity index (χ4n) is 2.89. The van der Waals surface area contributed by atoms with Crippen molar-refractivity contribution >= 4 is 44.3 Å². The molecule has 0 atom stereocenters. The third-order valence-electron chi connectivity index (χ3n) is 4.28. The fraction of sp³-hybridized carbons (Fsp3) is 0.375. The van der Waals surface area contributed by atoms with Crippen LogP contribution in [0.2, 0.25) is 0 Å². The van der Waals surface area contributed by atoms with E-state index in [1.807, 2.05) is 6.07 Å². The maximum Gasteiger partial charge on any atom is 0.242 e. The van der Waals surface area contributed by atoms with Crippen LogP contribution >= 0.6 is 11.7 Å². The van der Waals surface area contributed by atoms with Crippen LogP contribution in [-0.2, 0) is 14.8 Å². The first-order valence-electron chi connectivity index (χ1n) is 8.74. The number of ether oxygens (including phenoxy) is 1. The highest BCUT2D eigenvalue weighted by Gasteiger charge is 2.19. The normalized spacial score (nSPS) is 15.1. The van der Waals surface area contributed by atoms with Crippen molar-refractivity contribution in [3.05, 3.63) is 30.5 Å². The maximum absolute atomic E-state index is 12.6. The van der Waals surface area contributed by atoms with Gasteiger partial charge in [0.2, 0.25) is 10.0 Å². The molecule has 10 nitrogen and oxygen atoms in total. The van der Waals surface area contributed by atoms with Crippen molar-refractivity contribution in [2.24, 2.45) is 0 Å². The molecule has 12 heteroatoms. The lowest BCUT2D eigenvalue weighted by atomic mass is 10.3. The van der Waals surface area contributed by atoms with Gasteiger partial charge in [-0.2, -0.15) is 13.8 Å². The Kier molecular flexibility index (Phi) is 5.62. The van der Waals surface area contributed by atoms with E-state index in [4.69, 9.17) is 4.74 Å². The molecule has 0 bridgehead atoms. The summed E-state index contributed by atoms with van der Waals surface area (Å²) in [4.78, 5) is 2.31. The van der Waals surface area contributed by atoms with Gasteiger partial charge < -0.3 is 15.0 Å². The van der Waals surface area contributed by atoms with Crippen LogP contribution in [0.4, 0.5) is 11.5 Å². The largest absolute Gasteiger partial charge is 0.378 e. The van der Waals surface area contributed by atoms with Gasteiger partial charge in [-0.1, -0.05) is 6.07 Å². The lowest BCUT2D eigenvalue weighted by Gasteiger charge is -2.28. The summed E-state index contributed by atoms with van der Waals surface area (Å²) in [5, 5.41) is 11.2. The van der Waals surface area contributed by atoms with Gasteiger partial charge in [-0.05, 0) is 12.1 Å². The Hall–Kier alpha value is -2.41. The Labute approximate surface area is 166 Å². The van der Waals surface area contributed by atoms with Crippen molar-refractivity contribution in [1.29, 1.82) is 0 Å². The molecule has 148 valence electrons. The van der Waals surface area contributed by atoms with E-state index in [1.165, 1.54) is 6.07 Å². The van der Waals surface area contributed by atoms with Crippen molar-refractivity contribution < 1.29 is 13.2 Å². The van der Waals surface area contributed by atoms with Crippen LogP contribution in [0.25, 0.3) is 11.0 Å². The van der Waals surface area contributed by atoms with E-state index in [9.17, 15) is 8.42 Å². The third kappa shape index (κ3) is 4.19. The van der Waals surface area contributed by atoms with Gasteiger partial charge in [0, 0.05) is 32.2 Å². The van der Waals surface area contributed by atoms with Gasteiger partial charge in [-0.3, -0.25) is 0 Å². The SMILES string of the molecule is O=S(=O)(NCCNc1cc(N2CCOCC2)cnn1)c1cccc2nsnc12. The molecule has 2 N–H and O–H groups in total. The molecule has 1 aliphatic heterocycles. The summed E-state index contributed by atoms with van der Waals surface area (Å²) in [5.74, 6) is 0.592. The van der Waals surface area contributed by atoms with Gasteiger partial charge in [0.1, 0.15) is 15.9 Å². The summed E-state index contributed by atoms with van der Waals surface area (Å²) in [6, 6.07) is 6.81. The van der Waals surface area contributed by atoms with Crippen LogP contribution in [0.15, 0.2) is 35.4 Å². The molecule has 1 fully saturated rings. The van der Waals surface area contributed by atoms with E-state index >= 15 is 0 Å². The van der Waals surface area contributed by atoms with Gasteiger partial charge in [-0.25, -0.2) is 13.1 Å². The molecule has 0 radical (unpaired) electrons. The molecule has 1 aromatic carbocycles. The second-order valence-corrected chi connectivity index (χ2v) is 8.37. The lowest BCUT2D eigenvalue weighted by molar-refractivity contribution is 0.122. The minimum absolute atomic E-state index is 0.132. The summed E-state index contributed by atoms with van der Waals surface area (Å²) >= 11 is 0.990. The van der Waals surface area contributed by atoms with E-state index in [0.717, 1.165) is 30.5 Å². The monoisotopic (exact) mass is 421 g/mol. The molecule has 0 aliphatic carbocycles. The summed E-state index contributed by atoms with van der Waals surface area (Å²) in [6.45, 7) is 3.55. The minimum Gasteiger partial charge on any atom is -0.378 e. The summed E-state index contributed by atoms with van der Waals surface area (Å²) in [6.07, 6.45) is 1.71. The number of fused-ring (bicyclic) bond motifs is 1. The van der Waals surface area contributed by atoms with Gasteiger partial charge in [0.05, 0.1) is 36.8 Å². The first-order valence-corrected chi connectivity index (χ1v) is 10.9. The predicted molar refractivity (Wildman–Crippen MR) is 106 cm³/mol. The van der Waals surface area contributed by atoms with Crippen LogP contribution < -0.4 is 14.9 Å². The van der Waals surface area contributed by atoms with Crippen molar-refractivity contribution in [3.63, 3.8) is 0 Å². The molecular weight excluding hydrogens is 402 g/mol. The van der Waals surface area contributed by atoms with Crippen molar-refractivity contribution in [2.75, 3.05) is 49.6 Å². The van der Waals surface area contributed by atoms with E-state index < -0.39 is 10.0 Å². The zero-order valence-corrected chi connectivity index (χ0v) is 16.5. The zero-order valence-electron chi connectivity index (χ0n) is 14.9. The Balaban J connectivity index is 1.35. The molecule has 3 aromatic rings. The number of nitrogens with zero attached hydrogens (tertiary/aromatic N) is 5. The van der Waals surface area contributed by atoms with Crippen molar-refractivity contribution in [1.82, 2.24) is 23.7 Å². The number of hydrogen-bond acceptors (Lipinski definition) is 10. The number of nitrogens with one attached hydrogen (secondary N) is 2. The standard InChI is InChI=1S/C16H19N7O3S2/c24-28(25,14-3-1-2-13-16(14)22-27-21-13)19-5-4-17-15-10-12(11-18-20-15)23-6-8-26-9-7-23/h1-3,10-11,19H,4-9H2,(H,17,20). The number of anilines is 2. The molecule has 4 rings (SSSR count). The topological polar surface area (TPSA) is 122 Å². The predicted octanol–water partition coefficient (Wildman–Crippen LogP) is 0.708.